The topological polar surface area (TPSA) is 18.5 Å². The summed E-state index contributed by atoms with van der Waals surface area (Å²) in [5.74, 6) is 2.13. The Bertz CT molecular complexity index is 425. The number of hydrogen-bond donors (Lipinski definition) is 0. The lowest BCUT2D eigenvalue weighted by atomic mass is 9.60. The second-order valence-corrected chi connectivity index (χ2v) is 6.75. The summed E-state index contributed by atoms with van der Waals surface area (Å²) in [5, 5.41) is 0. The number of allylic oxidation sites excluding steroid dienone is 4. The van der Waals surface area contributed by atoms with Crippen molar-refractivity contribution >= 4 is 0 Å². The summed E-state index contributed by atoms with van der Waals surface area (Å²) in [6.45, 7) is 7.60. The summed E-state index contributed by atoms with van der Waals surface area (Å²) < 4.78 is 12.8. The predicted molar refractivity (Wildman–Crippen MR) is 85.8 cm³/mol. The number of ether oxygens (including phenoxy) is 2. The van der Waals surface area contributed by atoms with Gasteiger partial charge in [-0.25, -0.2) is 0 Å². The molecule has 2 fully saturated rings. The van der Waals surface area contributed by atoms with E-state index in [1.54, 1.807) is 0 Å². The van der Waals surface area contributed by atoms with Crippen molar-refractivity contribution in [1.82, 2.24) is 0 Å². The highest BCUT2D eigenvalue weighted by Crippen LogP contribution is 2.54. The van der Waals surface area contributed by atoms with Crippen molar-refractivity contribution in [2.45, 2.75) is 44.8 Å². The van der Waals surface area contributed by atoms with Gasteiger partial charge >= 0.3 is 0 Å². The average molecular weight is 288 g/mol. The molecule has 0 N–H and O–H groups in total. The molecule has 3 aliphatic rings. The predicted octanol–water partition coefficient (Wildman–Crippen LogP) is 4.49. The van der Waals surface area contributed by atoms with Crippen LogP contribution >= 0.6 is 0 Å². The molecule has 2 heteroatoms. The molecule has 5 atom stereocenters. The Balaban J connectivity index is 1.76. The minimum Gasteiger partial charge on any atom is -0.349 e. The van der Waals surface area contributed by atoms with Crippen LogP contribution < -0.4 is 0 Å². The van der Waals surface area contributed by atoms with Gasteiger partial charge in [-0.05, 0) is 43.9 Å². The summed E-state index contributed by atoms with van der Waals surface area (Å²) in [6.07, 6.45) is 16.6. The van der Waals surface area contributed by atoms with E-state index in [0.717, 1.165) is 32.0 Å². The van der Waals surface area contributed by atoms with Gasteiger partial charge in [-0.3, -0.25) is 0 Å². The van der Waals surface area contributed by atoms with E-state index in [1.165, 1.54) is 19.3 Å². The first-order valence-electron chi connectivity index (χ1n) is 8.50. The maximum absolute atomic E-state index is 6.43. The van der Waals surface area contributed by atoms with Crippen LogP contribution in [-0.2, 0) is 9.47 Å². The van der Waals surface area contributed by atoms with Crippen molar-refractivity contribution in [3.63, 3.8) is 0 Å². The molecule has 1 saturated carbocycles. The van der Waals surface area contributed by atoms with Gasteiger partial charge in [-0.2, -0.15) is 0 Å². The van der Waals surface area contributed by atoms with Gasteiger partial charge in [0.2, 0.25) is 0 Å². The zero-order valence-corrected chi connectivity index (χ0v) is 13.2. The molecule has 1 aliphatic heterocycles. The van der Waals surface area contributed by atoms with Gasteiger partial charge in [0.05, 0.1) is 13.2 Å². The molecule has 0 aromatic heterocycles. The molecule has 21 heavy (non-hydrogen) atoms. The van der Waals surface area contributed by atoms with Crippen molar-refractivity contribution in [3.8, 4) is 0 Å². The molecule has 0 radical (unpaired) electrons. The fourth-order valence-corrected chi connectivity index (χ4v) is 4.59. The quantitative estimate of drug-likeness (QED) is 0.421. The first kappa shape index (κ1) is 15.1. The first-order valence-corrected chi connectivity index (χ1v) is 8.50. The Morgan fingerprint density at radius 3 is 3.14 bits per heavy atom. The largest absolute Gasteiger partial charge is 0.349 e. The minimum atomic E-state index is -0.335. The maximum Gasteiger partial charge on any atom is 0.174 e. The van der Waals surface area contributed by atoms with Gasteiger partial charge in [-0.15, -0.1) is 0 Å². The Hall–Kier alpha value is -0.860. The van der Waals surface area contributed by atoms with Gasteiger partial charge in [0.15, 0.2) is 5.79 Å². The van der Waals surface area contributed by atoms with E-state index in [4.69, 9.17) is 9.47 Å². The molecule has 0 amide bonds. The second kappa shape index (κ2) is 6.50. The molecule has 1 saturated heterocycles. The second-order valence-electron chi connectivity index (χ2n) is 6.75. The van der Waals surface area contributed by atoms with Crippen molar-refractivity contribution in [2.75, 3.05) is 13.2 Å². The van der Waals surface area contributed by atoms with Crippen molar-refractivity contribution in [3.05, 3.63) is 37.0 Å². The molecule has 0 aromatic carbocycles. The molecule has 0 bridgehead atoms. The molecule has 0 spiro atoms. The van der Waals surface area contributed by atoms with E-state index in [2.05, 4.69) is 31.7 Å². The standard InChI is InChI=1S/C19H28O2/c1-3-4-5-6-13-20-19-15(2)10-11-16-8-7-9-17(18(16)19)12-14-21-19/h3-5,7,9,15-18H,1,6,8,10-14H2,2H3/b5-4+. The summed E-state index contributed by atoms with van der Waals surface area (Å²) in [7, 11) is 0. The van der Waals surface area contributed by atoms with Crippen LogP contribution in [0.25, 0.3) is 0 Å². The fourth-order valence-electron chi connectivity index (χ4n) is 4.59. The molecule has 116 valence electrons. The van der Waals surface area contributed by atoms with Crippen LogP contribution in [0.4, 0.5) is 0 Å². The van der Waals surface area contributed by atoms with Gasteiger partial charge < -0.3 is 9.47 Å². The number of hydrogen-bond acceptors (Lipinski definition) is 2. The molecule has 5 unspecified atom stereocenters. The third-order valence-corrected chi connectivity index (χ3v) is 5.58. The van der Waals surface area contributed by atoms with Crippen LogP contribution in [0, 0.1) is 23.7 Å². The third kappa shape index (κ3) is 2.76. The van der Waals surface area contributed by atoms with Crippen LogP contribution in [0.3, 0.4) is 0 Å². The van der Waals surface area contributed by atoms with Gasteiger partial charge in [0.25, 0.3) is 0 Å². The Morgan fingerprint density at radius 1 is 1.38 bits per heavy atom. The fraction of sp³-hybridized carbons (Fsp3) is 0.684. The van der Waals surface area contributed by atoms with Crippen LogP contribution in [-0.4, -0.2) is 19.0 Å². The molecule has 2 nitrogen and oxygen atoms in total. The monoisotopic (exact) mass is 288 g/mol. The molecule has 1 heterocycles. The summed E-state index contributed by atoms with van der Waals surface area (Å²) in [6, 6.07) is 0. The van der Waals surface area contributed by atoms with E-state index in [9.17, 15) is 0 Å². The highest BCUT2D eigenvalue weighted by Gasteiger charge is 2.56. The maximum atomic E-state index is 6.43. The molecule has 2 aliphatic carbocycles. The van der Waals surface area contributed by atoms with Gasteiger partial charge in [-0.1, -0.05) is 43.9 Å². The zero-order valence-electron chi connectivity index (χ0n) is 13.2. The highest BCUT2D eigenvalue weighted by atomic mass is 16.7. The Kier molecular flexibility index (Phi) is 4.66. The SMILES string of the molecule is C=C/C=C/CCOC12OCCC3C=CCC(CCC1C)C32. The number of rotatable bonds is 5. The lowest BCUT2D eigenvalue weighted by Gasteiger charge is -2.56. The van der Waals surface area contributed by atoms with E-state index in [-0.39, 0.29) is 5.79 Å². The molecular formula is C19H28O2. The minimum absolute atomic E-state index is 0.335. The lowest BCUT2D eigenvalue weighted by molar-refractivity contribution is -0.338. The van der Waals surface area contributed by atoms with Crippen LogP contribution in [0.2, 0.25) is 0 Å². The van der Waals surface area contributed by atoms with Crippen LogP contribution in [0.5, 0.6) is 0 Å². The van der Waals surface area contributed by atoms with E-state index in [1.807, 2.05) is 12.2 Å². The van der Waals surface area contributed by atoms with Crippen molar-refractivity contribution in [1.29, 1.82) is 0 Å². The molecular weight excluding hydrogens is 260 g/mol. The first-order chi connectivity index (χ1) is 10.3. The van der Waals surface area contributed by atoms with E-state index in [0.29, 0.717) is 17.8 Å². The smallest absolute Gasteiger partial charge is 0.174 e. The molecule has 3 rings (SSSR count). The van der Waals surface area contributed by atoms with Crippen LogP contribution in [0.15, 0.2) is 37.0 Å². The summed E-state index contributed by atoms with van der Waals surface area (Å²) >= 11 is 0. The van der Waals surface area contributed by atoms with E-state index >= 15 is 0 Å². The van der Waals surface area contributed by atoms with Crippen molar-refractivity contribution in [2.24, 2.45) is 23.7 Å². The summed E-state index contributed by atoms with van der Waals surface area (Å²) in [4.78, 5) is 0. The average Bonchev–Trinajstić information content (AvgIpc) is 2.51. The van der Waals surface area contributed by atoms with Gasteiger partial charge in [0.1, 0.15) is 0 Å². The summed E-state index contributed by atoms with van der Waals surface area (Å²) in [5.41, 5.74) is 0. The molecule has 0 aromatic rings. The van der Waals surface area contributed by atoms with Crippen LogP contribution in [0.1, 0.15) is 39.0 Å². The highest BCUT2D eigenvalue weighted by molar-refractivity contribution is 5.09. The Morgan fingerprint density at radius 2 is 2.29 bits per heavy atom. The normalized spacial score (nSPS) is 42.0. The third-order valence-electron chi connectivity index (χ3n) is 5.58. The zero-order chi connectivity index (χ0) is 14.7. The Labute approximate surface area is 128 Å². The lowest BCUT2D eigenvalue weighted by Crippen LogP contribution is -2.60. The van der Waals surface area contributed by atoms with Gasteiger partial charge in [0, 0.05) is 11.8 Å². The van der Waals surface area contributed by atoms with Crippen molar-refractivity contribution < 1.29 is 9.47 Å². The van der Waals surface area contributed by atoms with E-state index < -0.39 is 0 Å².